The molecule has 0 aromatic heterocycles. The van der Waals surface area contributed by atoms with Crippen molar-refractivity contribution in [2.24, 2.45) is 0 Å². The maximum atomic E-state index is 12.3. The van der Waals surface area contributed by atoms with Crippen molar-refractivity contribution < 1.29 is 4.79 Å². The summed E-state index contributed by atoms with van der Waals surface area (Å²) in [6, 6.07) is 28.5. The Morgan fingerprint density at radius 1 is 0.643 bits per heavy atom. The third-order valence-electron chi connectivity index (χ3n) is 4.76. The van der Waals surface area contributed by atoms with Crippen LogP contribution in [0.15, 0.2) is 84.9 Å². The third-order valence-corrected chi connectivity index (χ3v) is 4.76. The molecule has 0 fully saturated rings. The van der Waals surface area contributed by atoms with Crippen molar-refractivity contribution in [1.82, 2.24) is 5.32 Å². The van der Waals surface area contributed by atoms with E-state index in [0.717, 1.165) is 28.7 Å². The first-order valence-electron chi connectivity index (χ1n) is 9.51. The number of nitrogens with one attached hydrogen (secondary N) is 3. The van der Waals surface area contributed by atoms with Crippen molar-refractivity contribution in [3.05, 3.63) is 84.9 Å². The first-order chi connectivity index (χ1) is 13.8. The van der Waals surface area contributed by atoms with Crippen LogP contribution in [0.3, 0.4) is 0 Å². The Balaban J connectivity index is 1.26. The lowest BCUT2D eigenvalue weighted by Gasteiger charge is -2.11. The number of hydrogen-bond acceptors (Lipinski definition) is 3. The number of anilines is 2. The fourth-order valence-electron chi connectivity index (χ4n) is 3.40. The summed E-state index contributed by atoms with van der Waals surface area (Å²) in [5, 5.41) is 14.2. The van der Waals surface area contributed by atoms with E-state index in [9.17, 15) is 4.79 Å². The third kappa shape index (κ3) is 4.13. The highest BCUT2D eigenvalue weighted by molar-refractivity contribution is 6.02. The lowest BCUT2D eigenvalue weighted by Crippen LogP contribution is -2.31. The van der Waals surface area contributed by atoms with E-state index in [4.69, 9.17) is 0 Å². The molecule has 28 heavy (non-hydrogen) atoms. The SMILES string of the molecule is O=C(CNCCNc1cccc2ccccc12)Nc1cccc2ccccc12. The lowest BCUT2D eigenvalue weighted by molar-refractivity contribution is -0.115. The molecular weight excluding hydrogens is 346 g/mol. The van der Waals surface area contributed by atoms with Crippen LogP contribution in [0.2, 0.25) is 0 Å². The molecule has 4 rings (SSSR count). The summed E-state index contributed by atoms with van der Waals surface area (Å²) in [6.07, 6.45) is 0. The molecule has 1 amide bonds. The van der Waals surface area contributed by atoms with Gasteiger partial charge in [0.25, 0.3) is 0 Å². The van der Waals surface area contributed by atoms with Gasteiger partial charge in [0.2, 0.25) is 5.91 Å². The molecule has 4 nitrogen and oxygen atoms in total. The topological polar surface area (TPSA) is 53.2 Å². The number of amides is 1. The molecule has 4 aromatic rings. The van der Waals surface area contributed by atoms with Gasteiger partial charge >= 0.3 is 0 Å². The lowest BCUT2D eigenvalue weighted by atomic mass is 10.1. The van der Waals surface area contributed by atoms with Gasteiger partial charge in [-0.1, -0.05) is 72.8 Å². The predicted molar refractivity (Wildman–Crippen MR) is 118 cm³/mol. The highest BCUT2D eigenvalue weighted by Gasteiger charge is 2.05. The van der Waals surface area contributed by atoms with E-state index in [2.05, 4.69) is 46.3 Å². The second-order valence-electron chi connectivity index (χ2n) is 6.71. The van der Waals surface area contributed by atoms with Crippen LogP contribution >= 0.6 is 0 Å². The van der Waals surface area contributed by atoms with E-state index in [1.807, 2.05) is 54.6 Å². The number of rotatable bonds is 7. The molecule has 140 valence electrons. The normalized spacial score (nSPS) is 10.9. The zero-order valence-electron chi connectivity index (χ0n) is 15.6. The quantitative estimate of drug-likeness (QED) is 0.416. The molecule has 4 heteroatoms. The van der Waals surface area contributed by atoms with E-state index in [1.165, 1.54) is 10.8 Å². The molecule has 0 aliphatic rings. The van der Waals surface area contributed by atoms with Gasteiger partial charge in [-0.15, -0.1) is 0 Å². The number of carbonyl (C=O) groups excluding carboxylic acids is 1. The van der Waals surface area contributed by atoms with E-state index in [0.29, 0.717) is 6.54 Å². The average Bonchev–Trinajstić information content (AvgIpc) is 2.74. The minimum Gasteiger partial charge on any atom is -0.383 e. The van der Waals surface area contributed by atoms with Crippen molar-refractivity contribution in [3.63, 3.8) is 0 Å². The fourth-order valence-corrected chi connectivity index (χ4v) is 3.40. The first-order valence-corrected chi connectivity index (χ1v) is 9.51. The van der Waals surface area contributed by atoms with Crippen LogP contribution in [0.1, 0.15) is 0 Å². The van der Waals surface area contributed by atoms with Gasteiger partial charge in [0, 0.05) is 35.2 Å². The summed E-state index contributed by atoms with van der Waals surface area (Å²) in [7, 11) is 0. The molecule has 0 radical (unpaired) electrons. The fraction of sp³-hybridized carbons (Fsp3) is 0.125. The maximum absolute atomic E-state index is 12.3. The van der Waals surface area contributed by atoms with Crippen LogP contribution in [-0.4, -0.2) is 25.5 Å². The molecule has 0 atom stereocenters. The van der Waals surface area contributed by atoms with Crippen LogP contribution < -0.4 is 16.0 Å². The van der Waals surface area contributed by atoms with Gasteiger partial charge in [-0.05, 0) is 22.9 Å². The zero-order chi connectivity index (χ0) is 19.2. The molecule has 0 heterocycles. The van der Waals surface area contributed by atoms with Crippen LogP contribution in [0.4, 0.5) is 11.4 Å². The highest BCUT2D eigenvalue weighted by atomic mass is 16.1. The van der Waals surface area contributed by atoms with Gasteiger partial charge in [0.1, 0.15) is 0 Å². The Bertz CT molecular complexity index is 1100. The highest BCUT2D eigenvalue weighted by Crippen LogP contribution is 2.23. The maximum Gasteiger partial charge on any atom is 0.238 e. The molecule has 0 saturated heterocycles. The number of carbonyl (C=O) groups is 1. The molecule has 0 aliphatic carbocycles. The molecular formula is C24H23N3O. The van der Waals surface area contributed by atoms with Gasteiger partial charge in [0.05, 0.1) is 6.54 Å². The predicted octanol–water partition coefficient (Wildman–Crippen LogP) is 4.63. The summed E-state index contributed by atoms with van der Waals surface area (Å²) in [6.45, 7) is 1.72. The molecule has 0 aliphatic heterocycles. The van der Waals surface area contributed by atoms with E-state index in [-0.39, 0.29) is 12.5 Å². The van der Waals surface area contributed by atoms with Crippen molar-refractivity contribution in [2.75, 3.05) is 30.3 Å². The molecule has 0 bridgehead atoms. The Labute approximate surface area is 164 Å². The van der Waals surface area contributed by atoms with Crippen LogP contribution in [-0.2, 0) is 4.79 Å². The summed E-state index contributed by atoms with van der Waals surface area (Å²) in [5.41, 5.74) is 1.96. The van der Waals surface area contributed by atoms with Gasteiger partial charge < -0.3 is 16.0 Å². The minimum atomic E-state index is -0.0403. The second-order valence-corrected chi connectivity index (χ2v) is 6.71. The van der Waals surface area contributed by atoms with Crippen LogP contribution in [0.5, 0.6) is 0 Å². The van der Waals surface area contributed by atoms with Gasteiger partial charge in [-0.25, -0.2) is 0 Å². The second kappa shape index (κ2) is 8.55. The van der Waals surface area contributed by atoms with E-state index < -0.39 is 0 Å². The average molecular weight is 369 g/mol. The summed E-state index contributed by atoms with van der Waals surface area (Å²) < 4.78 is 0. The molecule has 0 saturated carbocycles. The summed E-state index contributed by atoms with van der Waals surface area (Å²) in [5.74, 6) is -0.0403. The molecule has 4 aromatic carbocycles. The molecule has 3 N–H and O–H groups in total. The summed E-state index contributed by atoms with van der Waals surface area (Å²) >= 11 is 0. The number of fused-ring (bicyclic) bond motifs is 2. The first kappa shape index (κ1) is 18.0. The number of benzene rings is 4. The van der Waals surface area contributed by atoms with Gasteiger partial charge in [0.15, 0.2) is 0 Å². The minimum absolute atomic E-state index is 0.0403. The Kier molecular flexibility index (Phi) is 5.50. The Morgan fingerprint density at radius 2 is 1.21 bits per heavy atom. The monoisotopic (exact) mass is 369 g/mol. The van der Waals surface area contributed by atoms with Crippen molar-refractivity contribution in [2.45, 2.75) is 0 Å². The van der Waals surface area contributed by atoms with E-state index >= 15 is 0 Å². The van der Waals surface area contributed by atoms with Crippen LogP contribution in [0.25, 0.3) is 21.5 Å². The smallest absolute Gasteiger partial charge is 0.238 e. The molecule has 0 unspecified atom stereocenters. The zero-order valence-corrected chi connectivity index (χ0v) is 15.6. The van der Waals surface area contributed by atoms with Crippen molar-refractivity contribution in [1.29, 1.82) is 0 Å². The van der Waals surface area contributed by atoms with Crippen molar-refractivity contribution >= 4 is 38.8 Å². The van der Waals surface area contributed by atoms with E-state index in [1.54, 1.807) is 0 Å². The largest absolute Gasteiger partial charge is 0.383 e. The van der Waals surface area contributed by atoms with Gasteiger partial charge in [-0.3, -0.25) is 4.79 Å². The van der Waals surface area contributed by atoms with Crippen molar-refractivity contribution in [3.8, 4) is 0 Å². The standard InChI is InChI=1S/C24H23N3O/c28-24(27-23-14-6-10-19-8-2-4-12-21(19)23)17-25-15-16-26-22-13-5-9-18-7-1-3-11-20(18)22/h1-14,25-26H,15-17H2,(H,27,28). The summed E-state index contributed by atoms with van der Waals surface area (Å²) in [4.78, 5) is 12.3. The Morgan fingerprint density at radius 3 is 1.93 bits per heavy atom. The van der Waals surface area contributed by atoms with Gasteiger partial charge in [-0.2, -0.15) is 0 Å². The van der Waals surface area contributed by atoms with Crippen LogP contribution in [0, 0.1) is 0 Å². The molecule has 0 spiro atoms. The Hall–Kier alpha value is -3.37. The number of hydrogen-bond donors (Lipinski definition) is 3.